The summed E-state index contributed by atoms with van der Waals surface area (Å²) in [5.74, 6) is -0.743. The van der Waals surface area contributed by atoms with E-state index < -0.39 is 18.1 Å². The highest BCUT2D eigenvalue weighted by Gasteiger charge is 2.42. The van der Waals surface area contributed by atoms with Crippen LogP contribution >= 0.6 is 11.6 Å². The van der Waals surface area contributed by atoms with Gasteiger partial charge in [0, 0.05) is 29.1 Å². The summed E-state index contributed by atoms with van der Waals surface area (Å²) in [6.45, 7) is 7.22. The first-order valence-electron chi connectivity index (χ1n) is 13.2. The first-order valence-corrected chi connectivity index (χ1v) is 13.6. The Morgan fingerprint density at radius 1 is 1.21 bits per heavy atom. The average Bonchev–Trinajstić information content (AvgIpc) is 3.36. The van der Waals surface area contributed by atoms with Crippen LogP contribution in [0.1, 0.15) is 67.6 Å². The van der Waals surface area contributed by atoms with Crippen LogP contribution in [0, 0.1) is 24.2 Å². The predicted molar refractivity (Wildman–Crippen MR) is 147 cm³/mol. The third kappa shape index (κ3) is 6.35. The maximum absolute atomic E-state index is 13.7. The van der Waals surface area contributed by atoms with Crippen molar-refractivity contribution in [1.29, 1.82) is 5.26 Å². The van der Waals surface area contributed by atoms with E-state index in [9.17, 15) is 19.6 Å². The summed E-state index contributed by atoms with van der Waals surface area (Å²) in [6, 6.07) is 13.4. The largest absolute Gasteiger partial charge is 0.480 e. The van der Waals surface area contributed by atoms with E-state index >= 15 is 0 Å². The molecular formula is C29H34ClN5O4. The summed E-state index contributed by atoms with van der Waals surface area (Å²) in [6.07, 6.45) is 1.28. The molecular weight excluding hydrogens is 518 g/mol. The zero-order chi connectivity index (χ0) is 28.3. The second-order valence-electron chi connectivity index (χ2n) is 10.4. The summed E-state index contributed by atoms with van der Waals surface area (Å²) in [4.78, 5) is 40.7. The second-order valence-corrected chi connectivity index (χ2v) is 10.9. The van der Waals surface area contributed by atoms with Crippen molar-refractivity contribution in [2.24, 2.45) is 5.92 Å². The molecule has 2 fully saturated rings. The van der Waals surface area contributed by atoms with Crippen molar-refractivity contribution in [3.63, 3.8) is 0 Å². The highest BCUT2D eigenvalue weighted by Crippen LogP contribution is 2.40. The van der Waals surface area contributed by atoms with Gasteiger partial charge in [0.25, 0.3) is 11.8 Å². The van der Waals surface area contributed by atoms with Crippen LogP contribution in [0.3, 0.4) is 0 Å². The Kier molecular flexibility index (Phi) is 8.78. The number of rotatable bonds is 7. The Morgan fingerprint density at radius 3 is 2.67 bits per heavy atom. The minimum atomic E-state index is -0.818. The minimum absolute atomic E-state index is 0.0712. The summed E-state index contributed by atoms with van der Waals surface area (Å²) < 4.78 is 5.92. The van der Waals surface area contributed by atoms with Crippen molar-refractivity contribution in [2.75, 3.05) is 0 Å². The van der Waals surface area contributed by atoms with Crippen LogP contribution in [0.25, 0.3) is 0 Å². The molecule has 3 unspecified atom stereocenters. The maximum atomic E-state index is 13.7. The van der Waals surface area contributed by atoms with Crippen LogP contribution < -0.4 is 20.9 Å². The zero-order valence-electron chi connectivity index (χ0n) is 22.5. The number of carbonyl (C=O) groups is 3. The number of nitriles is 1. The molecule has 0 aromatic heterocycles. The third-order valence-electron chi connectivity index (χ3n) is 7.42. The summed E-state index contributed by atoms with van der Waals surface area (Å²) in [5.41, 5.74) is 7.45. The van der Waals surface area contributed by atoms with Crippen LogP contribution in [-0.4, -0.2) is 46.9 Å². The lowest BCUT2D eigenvalue weighted by molar-refractivity contribution is -0.136. The van der Waals surface area contributed by atoms with Gasteiger partial charge in [0.05, 0.1) is 18.0 Å². The molecule has 2 aliphatic rings. The molecule has 0 saturated carbocycles. The SMILES string of the molecule is Cc1cc(C(=O)N[C@@H](C)C(=O)N2[C@@H](C(C)C#N)CC[C@H]2c2cccc(Cl)c2)ccc1OC1CC(C)NNC1=O. The fourth-order valence-corrected chi connectivity index (χ4v) is 5.48. The van der Waals surface area contributed by atoms with Crippen molar-refractivity contribution in [2.45, 2.75) is 77.2 Å². The van der Waals surface area contributed by atoms with Gasteiger partial charge in [-0.15, -0.1) is 0 Å². The molecule has 10 heteroatoms. The van der Waals surface area contributed by atoms with Crippen LogP contribution in [0.2, 0.25) is 5.02 Å². The Balaban J connectivity index is 1.47. The van der Waals surface area contributed by atoms with Crippen molar-refractivity contribution in [3.8, 4) is 11.8 Å². The number of hydrogen-bond acceptors (Lipinski definition) is 6. The number of carbonyl (C=O) groups excluding carboxylic acids is 3. The van der Waals surface area contributed by atoms with Gasteiger partial charge in [-0.25, -0.2) is 5.43 Å². The highest BCUT2D eigenvalue weighted by molar-refractivity contribution is 6.30. The van der Waals surface area contributed by atoms with Crippen LogP contribution in [0.4, 0.5) is 0 Å². The second kappa shape index (κ2) is 12.1. The summed E-state index contributed by atoms with van der Waals surface area (Å²) >= 11 is 6.22. The van der Waals surface area contributed by atoms with Crippen molar-refractivity contribution < 1.29 is 19.1 Å². The summed E-state index contributed by atoms with van der Waals surface area (Å²) in [5, 5.41) is 13.0. The van der Waals surface area contributed by atoms with Crippen molar-refractivity contribution >= 4 is 29.3 Å². The molecule has 0 radical (unpaired) electrons. The standard InChI is InChI=1S/C29H34ClN5O4/c1-16-12-21(8-11-25(16)39-26-13-18(3)33-34-28(26)37)27(36)32-19(4)29(38)35-23(17(2)15-31)9-10-24(35)20-6-5-7-22(30)14-20/h5-8,11-12,14,17-19,23-24,26,33H,9-10,13H2,1-4H3,(H,32,36)(H,34,37)/t17?,18?,19-,23+,24-,26?/m0/s1. The number of likely N-dealkylation sites (tertiary alicyclic amines) is 1. The normalized spacial score (nSPS) is 24.3. The molecule has 2 aromatic carbocycles. The smallest absolute Gasteiger partial charge is 0.275 e. The van der Waals surface area contributed by atoms with Gasteiger partial charge >= 0.3 is 0 Å². The van der Waals surface area contributed by atoms with Gasteiger partial charge in [0.2, 0.25) is 5.91 Å². The molecule has 206 valence electrons. The first kappa shape index (κ1) is 28.4. The number of benzene rings is 2. The van der Waals surface area contributed by atoms with E-state index in [4.69, 9.17) is 16.3 Å². The Hall–Kier alpha value is -3.61. The summed E-state index contributed by atoms with van der Waals surface area (Å²) in [7, 11) is 0. The quantitative estimate of drug-likeness (QED) is 0.480. The molecule has 2 aliphatic heterocycles. The fourth-order valence-electron chi connectivity index (χ4n) is 5.28. The van der Waals surface area contributed by atoms with Gasteiger partial charge in [0.15, 0.2) is 6.10 Å². The van der Waals surface area contributed by atoms with E-state index in [2.05, 4.69) is 22.2 Å². The van der Waals surface area contributed by atoms with E-state index in [1.807, 2.05) is 32.0 Å². The molecule has 0 spiro atoms. The highest BCUT2D eigenvalue weighted by atomic mass is 35.5. The van der Waals surface area contributed by atoms with Gasteiger partial charge in [0.1, 0.15) is 11.8 Å². The van der Waals surface area contributed by atoms with Crippen molar-refractivity contribution in [3.05, 3.63) is 64.2 Å². The van der Waals surface area contributed by atoms with Gasteiger partial charge in [-0.3, -0.25) is 19.8 Å². The Labute approximate surface area is 233 Å². The van der Waals surface area contributed by atoms with Gasteiger partial charge in [-0.1, -0.05) is 23.7 Å². The lowest BCUT2D eigenvalue weighted by Gasteiger charge is -2.34. The molecule has 39 heavy (non-hydrogen) atoms. The monoisotopic (exact) mass is 551 g/mol. The molecule has 6 atom stereocenters. The Bertz CT molecular complexity index is 1290. The van der Waals surface area contributed by atoms with E-state index in [-0.39, 0.29) is 35.9 Å². The minimum Gasteiger partial charge on any atom is -0.480 e. The molecule has 3 N–H and O–H groups in total. The molecule has 2 saturated heterocycles. The fraction of sp³-hybridized carbons (Fsp3) is 0.448. The maximum Gasteiger partial charge on any atom is 0.275 e. The van der Waals surface area contributed by atoms with E-state index in [1.54, 1.807) is 43.0 Å². The van der Waals surface area contributed by atoms with Crippen molar-refractivity contribution in [1.82, 2.24) is 21.1 Å². The van der Waals surface area contributed by atoms with Crippen LogP contribution in [-0.2, 0) is 9.59 Å². The van der Waals surface area contributed by atoms with Gasteiger partial charge in [-0.05, 0) is 82.0 Å². The topological polar surface area (TPSA) is 124 Å². The van der Waals surface area contributed by atoms with E-state index in [0.29, 0.717) is 41.2 Å². The predicted octanol–water partition coefficient (Wildman–Crippen LogP) is 3.82. The van der Waals surface area contributed by atoms with Crippen LogP contribution in [0.5, 0.6) is 5.75 Å². The van der Waals surface area contributed by atoms with Gasteiger partial charge < -0.3 is 15.0 Å². The molecule has 3 amide bonds. The molecule has 0 bridgehead atoms. The average molecular weight is 552 g/mol. The van der Waals surface area contributed by atoms with E-state index in [0.717, 1.165) is 5.56 Å². The molecule has 9 nitrogen and oxygen atoms in total. The number of hydrogen-bond donors (Lipinski definition) is 3. The number of nitrogens with zero attached hydrogens (tertiary/aromatic N) is 2. The lowest BCUT2D eigenvalue weighted by atomic mass is 10.0. The number of aryl methyl sites for hydroxylation is 1. The zero-order valence-corrected chi connectivity index (χ0v) is 23.3. The van der Waals surface area contributed by atoms with E-state index in [1.165, 1.54) is 0 Å². The molecule has 2 aromatic rings. The number of ether oxygens (including phenoxy) is 1. The molecule has 2 heterocycles. The number of hydrazine groups is 1. The molecule has 0 aliphatic carbocycles. The Morgan fingerprint density at radius 2 is 1.97 bits per heavy atom. The van der Waals surface area contributed by atoms with Gasteiger partial charge in [-0.2, -0.15) is 5.26 Å². The lowest BCUT2D eigenvalue weighted by Crippen LogP contribution is -2.56. The molecule has 4 rings (SSSR count). The number of amides is 3. The van der Waals surface area contributed by atoms with Crippen LogP contribution in [0.15, 0.2) is 42.5 Å². The number of halogens is 1. The first-order chi connectivity index (χ1) is 18.6. The number of nitrogens with one attached hydrogen (secondary N) is 3. The third-order valence-corrected chi connectivity index (χ3v) is 7.66.